The van der Waals surface area contributed by atoms with Crippen LogP contribution in [-0.2, 0) is 10.0 Å². The zero-order valence-electron chi connectivity index (χ0n) is 11.3. The number of nitrogens with zero attached hydrogens (tertiary/aromatic N) is 2. The van der Waals surface area contributed by atoms with Gasteiger partial charge in [-0.1, -0.05) is 6.07 Å². The fourth-order valence-corrected chi connectivity index (χ4v) is 3.18. The third-order valence-electron chi connectivity index (χ3n) is 2.89. The van der Waals surface area contributed by atoms with Gasteiger partial charge >= 0.3 is 0 Å². The van der Waals surface area contributed by atoms with Crippen LogP contribution in [0.3, 0.4) is 0 Å². The lowest BCUT2D eigenvalue weighted by atomic mass is 10.2. The van der Waals surface area contributed by atoms with Crippen molar-refractivity contribution in [1.29, 1.82) is 5.26 Å². The second-order valence-electron chi connectivity index (χ2n) is 4.46. The number of anilines is 1. The number of hydrogen-bond donors (Lipinski definition) is 2. The molecule has 0 amide bonds. The molecular formula is C14H14N4O2S. The molecule has 0 fully saturated rings. The molecule has 21 heavy (non-hydrogen) atoms. The van der Waals surface area contributed by atoms with Crippen LogP contribution in [0.1, 0.15) is 24.2 Å². The first-order valence-corrected chi connectivity index (χ1v) is 7.65. The van der Waals surface area contributed by atoms with Crippen LogP contribution in [-0.4, -0.2) is 13.4 Å². The van der Waals surface area contributed by atoms with Crippen LogP contribution in [0.2, 0.25) is 0 Å². The maximum atomic E-state index is 12.3. The predicted molar refractivity (Wildman–Crippen MR) is 78.5 cm³/mol. The Hall–Kier alpha value is -2.43. The fraction of sp³-hybridized carbons (Fsp3) is 0.143. The molecule has 108 valence electrons. The smallest absolute Gasteiger partial charge is 0.243 e. The Labute approximate surface area is 123 Å². The number of nitriles is 1. The van der Waals surface area contributed by atoms with Crippen molar-refractivity contribution in [2.75, 3.05) is 5.73 Å². The van der Waals surface area contributed by atoms with Crippen LogP contribution < -0.4 is 10.5 Å². The van der Waals surface area contributed by atoms with Gasteiger partial charge in [-0.2, -0.15) is 5.26 Å². The van der Waals surface area contributed by atoms with Gasteiger partial charge in [0.25, 0.3) is 0 Å². The summed E-state index contributed by atoms with van der Waals surface area (Å²) in [6.07, 6.45) is 1.59. The summed E-state index contributed by atoms with van der Waals surface area (Å²) in [5, 5.41) is 8.77. The molecule has 1 atom stereocenters. The number of benzene rings is 1. The van der Waals surface area contributed by atoms with Gasteiger partial charge < -0.3 is 5.73 Å². The molecule has 0 aliphatic carbocycles. The molecule has 0 radical (unpaired) electrons. The van der Waals surface area contributed by atoms with Crippen molar-refractivity contribution < 1.29 is 8.42 Å². The molecule has 1 unspecified atom stereocenters. The van der Waals surface area contributed by atoms with Crippen molar-refractivity contribution in [1.82, 2.24) is 9.71 Å². The molecular weight excluding hydrogens is 288 g/mol. The Bertz CT molecular complexity index is 782. The minimum Gasteiger partial charge on any atom is -0.398 e. The minimum atomic E-state index is -3.79. The molecule has 1 heterocycles. The third-order valence-corrected chi connectivity index (χ3v) is 4.51. The first-order valence-electron chi connectivity index (χ1n) is 6.17. The molecule has 2 rings (SSSR count). The molecule has 0 spiro atoms. The van der Waals surface area contributed by atoms with Crippen molar-refractivity contribution in [2.24, 2.45) is 0 Å². The predicted octanol–water partition coefficient (Wildman–Crippen LogP) is 1.57. The summed E-state index contributed by atoms with van der Waals surface area (Å²) in [6, 6.07) is 10.7. The average Bonchev–Trinajstić information content (AvgIpc) is 2.47. The van der Waals surface area contributed by atoms with E-state index in [-0.39, 0.29) is 10.6 Å². The number of sulfonamides is 1. The largest absolute Gasteiger partial charge is 0.398 e. The van der Waals surface area contributed by atoms with Crippen LogP contribution in [0, 0.1) is 11.3 Å². The first kappa shape index (κ1) is 15.0. The van der Waals surface area contributed by atoms with Gasteiger partial charge in [-0.25, -0.2) is 13.1 Å². The number of pyridine rings is 1. The van der Waals surface area contributed by atoms with E-state index < -0.39 is 16.1 Å². The molecule has 3 N–H and O–H groups in total. The highest BCUT2D eigenvalue weighted by atomic mass is 32.2. The van der Waals surface area contributed by atoms with Crippen molar-refractivity contribution in [3.05, 3.63) is 53.9 Å². The van der Waals surface area contributed by atoms with Crippen molar-refractivity contribution in [3.63, 3.8) is 0 Å². The van der Waals surface area contributed by atoms with Crippen molar-refractivity contribution in [3.8, 4) is 6.07 Å². The summed E-state index contributed by atoms with van der Waals surface area (Å²) < 4.78 is 27.2. The Morgan fingerprint density at radius 3 is 2.67 bits per heavy atom. The van der Waals surface area contributed by atoms with Gasteiger partial charge in [-0.05, 0) is 37.3 Å². The molecule has 7 heteroatoms. The molecule has 0 aliphatic rings. The monoisotopic (exact) mass is 302 g/mol. The standard InChI is InChI=1S/C14H14N4O2S/c1-10(13-4-2-3-7-17-13)18-21(19,20)14-6-5-11(9-15)8-12(14)16/h2-8,10,18H,16H2,1H3. The number of aromatic nitrogens is 1. The van der Waals surface area contributed by atoms with Gasteiger partial charge in [-0.3, -0.25) is 4.98 Å². The molecule has 2 aromatic rings. The number of rotatable bonds is 4. The van der Waals surface area contributed by atoms with E-state index in [1.165, 1.54) is 18.2 Å². The van der Waals surface area contributed by atoms with E-state index in [0.29, 0.717) is 11.3 Å². The highest BCUT2D eigenvalue weighted by molar-refractivity contribution is 7.89. The molecule has 0 bridgehead atoms. The second-order valence-corrected chi connectivity index (χ2v) is 6.14. The van der Waals surface area contributed by atoms with E-state index in [1.807, 2.05) is 6.07 Å². The maximum Gasteiger partial charge on any atom is 0.243 e. The van der Waals surface area contributed by atoms with E-state index in [4.69, 9.17) is 11.0 Å². The zero-order chi connectivity index (χ0) is 15.5. The number of nitrogens with two attached hydrogens (primary N) is 1. The minimum absolute atomic E-state index is 0.0368. The lowest BCUT2D eigenvalue weighted by Crippen LogP contribution is -2.28. The van der Waals surface area contributed by atoms with E-state index in [9.17, 15) is 8.42 Å². The number of nitrogen functional groups attached to an aromatic ring is 1. The normalized spacial score (nSPS) is 12.6. The number of hydrogen-bond acceptors (Lipinski definition) is 5. The Kier molecular flexibility index (Phi) is 4.21. The number of nitrogens with one attached hydrogen (secondary N) is 1. The van der Waals surface area contributed by atoms with Gasteiger partial charge in [-0.15, -0.1) is 0 Å². The summed E-state index contributed by atoms with van der Waals surface area (Å²) in [4.78, 5) is 4.05. The summed E-state index contributed by atoms with van der Waals surface area (Å²) in [5.41, 5.74) is 6.66. The van der Waals surface area contributed by atoms with E-state index in [0.717, 1.165) is 0 Å². The Balaban J connectivity index is 2.29. The molecule has 1 aromatic heterocycles. The van der Waals surface area contributed by atoms with Gasteiger partial charge in [0.15, 0.2) is 0 Å². The molecule has 0 aliphatic heterocycles. The highest BCUT2D eigenvalue weighted by Crippen LogP contribution is 2.21. The van der Waals surface area contributed by atoms with Gasteiger partial charge in [0.05, 0.1) is 29.1 Å². The van der Waals surface area contributed by atoms with Crippen LogP contribution in [0.5, 0.6) is 0 Å². The lowest BCUT2D eigenvalue weighted by molar-refractivity contribution is 0.564. The quantitative estimate of drug-likeness (QED) is 0.833. The highest BCUT2D eigenvalue weighted by Gasteiger charge is 2.21. The van der Waals surface area contributed by atoms with E-state index in [2.05, 4.69) is 9.71 Å². The van der Waals surface area contributed by atoms with Crippen molar-refractivity contribution >= 4 is 15.7 Å². The Morgan fingerprint density at radius 2 is 2.10 bits per heavy atom. The Morgan fingerprint density at radius 1 is 1.33 bits per heavy atom. The van der Waals surface area contributed by atoms with Crippen LogP contribution in [0.25, 0.3) is 0 Å². The topological polar surface area (TPSA) is 109 Å². The summed E-state index contributed by atoms with van der Waals surface area (Å²) in [7, 11) is -3.79. The zero-order valence-corrected chi connectivity index (χ0v) is 12.1. The second kappa shape index (κ2) is 5.91. The van der Waals surface area contributed by atoms with Crippen LogP contribution in [0.4, 0.5) is 5.69 Å². The third kappa shape index (κ3) is 3.37. The molecule has 0 saturated heterocycles. The summed E-state index contributed by atoms with van der Waals surface area (Å²) in [5.74, 6) is 0. The van der Waals surface area contributed by atoms with Gasteiger partial charge in [0.1, 0.15) is 4.90 Å². The first-order chi connectivity index (χ1) is 9.94. The fourth-order valence-electron chi connectivity index (χ4n) is 1.85. The summed E-state index contributed by atoms with van der Waals surface area (Å²) in [6.45, 7) is 1.69. The van der Waals surface area contributed by atoms with E-state index >= 15 is 0 Å². The average molecular weight is 302 g/mol. The SMILES string of the molecule is CC(NS(=O)(=O)c1ccc(C#N)cc1N)c1ccccn1. The lowest BCUT2D eigenvalue weighted by Gasteiger charge is -2.14. The molecule has 6 nitrogen and oxygen atoms in total. The maximum absolute atomic E-state index is 12.3. The van der Waals surface area contributed by atoms with E-state index in [1.54, 1.807) is 31.3 Å². The van der Waals surface area contributed by atoms with Crippen LogP contribution in [0.15, 0.2) is 47.5 Å². The molecule has 1 aromatic carbocycles. The van der Waals surface area contributed by atoms with Crippen molar-refractivity contribution in [2.45, 2.75) is 17.9 Å². The molecule has 0 saturated carbocycles. The van der Waals surface area contributed by atoms with Crippen LogP contribution >= 0.6 is 0 Å². The van der Waals surface area contributed by atoms with Gasteiger partial charge in [0, 0.05) is 6.20 Å². The van der Waals surface area contributed by atoms with Gasteiger partial charge in [0.2, 0.25) is 10.0 Å². The summed E-state index contributed by atoms with van der Waals surface area (Å²) >= 11 is 0.